The van der Waals surface area contributed by atoms with Gasteiger partial charge in [0.05, 0.1) is 6.10 Å². The van der Waals surface area contributed by atoms with Crippen molar-refractivity contribution >= 4 is 12.6 Å². The van der Waals surface area contributed by atoms with Crippen LogP contribution in [-0.2, 0) is 9.47 Å². The summed E-state index contributed by atoms with van der Waals surface area (Å²) in [6, 6.07) is 0. The van der Waals surface area contributed by atoms with Crippen LogP contribution in [0.3, 0.4) is 0 Å². The maximum Gasteiger partial charge on any atom is 0.157 e. The van der Waals surface area contributed by atoms with Gasteiger partial charge in [-0.2, -0.15) is 12.6 Å². The quantitative estimate of drug-likeness (QED) is 0.479. The predicted octanol–water partition coefficient (Wildman–Crippen LogP) is 0.775. The fourth-order valence-corrected chi connectivity index (χ4v) is 1.25. The van der Waals surface area contributed by atoms with Crippen LogP contribution in [0.5, 0.6) is 0 Å². The minimum atomic E-state index is -1.50. The zero-order valence-corrected chi connectivity index (χ0v) is 9.83. The van der Waals surface area contributed by atoms with Crippen molar-refractivity contribution in [3.8, 4) is 0 Å². The maximum atomic E-state index is 8.08. The molecule has 0 radical (unpaired) electrons. The van der Waals surface area contributed by atoms with E-state index >= 15 is 0 Å². The SMILES string of the molecule is CC(C)(O)O.COC1CCC(CS)O1. The Morgan fingerprint density at radius 1 is 1.43 bits per heavy atom. The van der Waals surface area contributed by atoms with E-state index in [0.717, 1.165) is 18.6 Å². The molecule has 86 valence electrons. The fraction of sp³-hybridized carbons (Fsp3) is 1.00. The second kappa shape index (κ2) is 6.63. The Kier molecular flexibility index (Phi) is 6.72. The average molecular weight is 224 g/mol. The van der Waals surface area contributed by atoms with E-state index in [1.54, 1.807) is 7.11 Å². The van der Waals surface area contributed by atoms with Gasteiger partial charge in [-0.3, -0.25) is 0 Å². The number of rotatable bonds is 2. The van der Waals surface area contributed by atoms with Gasteiger partial charge in [-0.1, -0.05) is 0 Å². The molecule has 0 spiro atoms. The van der Waals surface area contributed by atoms with E-state index in [4.69, 9.17) is 19.7 Å². The lowest BCUT2D eigenvalue weighted by molar-refractivity contribution is -0.127. The highest BCUT2D eigenvalue weighted by Crippen LogP contribution is 2.20. The zero-order valence-electron chi connectivity index (χ0n) is 8.93. The third-order valence-electron chi connectivity index (χ3n) is 1.54. The van der Waals surface area contributed by atoms with E-state index in [0.29, 0.717) is 6.10 Å². The molecule has 0 aromatic rings. The smallest absolute Gasteiger partial charge is 0.157 e. The average Bonchev–Trinajstić information content (AvgIpc) is 2.48. The summed E-state index contributed by atoms with van der Waals surface area (Å²) < 4.78 is 10.3. The highest BCUT2D eigenvalue weighted by atomic mass is 32.1. The molecular weight excluding hydrogens is 204 g/mol. The number of thiol groups is 1. The summed E-state index contributed by atoms with van der Waals surface area (Å²) in [5.74, 6) is -0.695. The highest BCUT2D eigenvalue weighted by Gasteiger charge is 2.22. The van der Waals surface area contributed by atoms with Gasteiger partial charge in [0.2, 0.25) is 0 Å². The third-order valence-corrected chi connectivity index (χ3v) is 1.94. The number of methoxy groups -OCH3 is 1. The molecule has 1 rings (SSSR count). The van der Waals surface area contributed by atoms with Crippen molar-refractivity contribution in [2.75, 3.05) is 12.9 Å². The minimum Gasteiger partial charge on any atom is -0.366 e. The van der Waals surface area contributed by atoms with Crippen LogP contribution in [0.25, 0.3) is 0 Å². The Labute approximate surface area is 90.6 Å². The van der Waals surface area contributed by atoms with Crippen LogP contribution in [-0.4, -0.2) is 41.3 Å². The van der Waals surface area contributed by atoms with Crippen LogP contribution in [0.1, 0.15) is 26.7 Å². The summed E-state index contributed by atoms with van der Waals surface area (Å²) in [7, 11) is 1.67. The van der Waals surface area contributed by atoms with E-state index in [9.17, 15) is 0 Å². The van der Waals surface area contributed by atoms with Crippen LogP contribution < -0.4 is 0 Å². The first-order chi connectivity index (χ1) is 6.36. The highest BCUT2D eigenvalue weighted by molar-refractivity contribution is 7.80. The molecule has 0 amide bonds. The Bertz CT molecular complexity index is 130. The van der Waals surface area contributed by atoms with Crippen molar-refractivity contribution in [3.05, 3.63) is 0 Å². The topological polar surface area (TPSA) is 58.9 Å². The maximum absolute atomic E-state index is 8.08. The summed E-state index contributed by atoms with van der Waals surface area (Å²) in [5, 5.41) is 16.2. The lowest BCUT2D eigenvalue weighted by Gasteiger charge is -2.08. The van der Waals surface area contributed by atoms with E-state index in [2.05, 4.69) is 12.6 Å². The summed E-state index contributed by atoms with van der Waals surface area (Å²) in [6.45, 7) is 2.60. The van der Waals surface area contributed by atoms with Gasteiger partial charge in [-0.15, -0.1) is 0 Å². The number of hydrogen-bond acceptors (Lipinski definition) is 5. The van der Waals surface area contributed by atoms with Crippen molar-refractivity contribution in [3.63, 3.8) is 0 Å². The summed E-state index contributed by atoms with van der Waals surface area (Å²) in [4.78, 5) is 0. The van der Waals surface area contributed by atoms with Crippen molar-refractivity contribution in [1.82, 2.24) is 0 Å². The second-order valence-electron chi connectivity index (χ2n) is 3.68. The van der Waals surface area contributed by atoms with Gasteiger partial charge in [0.1, 0.15) is 0 Å². The van der Waals surface area contributed by atoms with Gasteiger partial charge >= 0.3 is 0 Å². The lowest BCUT2D eigenvalue weighted by Crippen LogP contribution is -2.15. The molecule has 1 heterocycles. The molecular formula is C9H20O4S. The molecule has 2 N–H and O–H groups in total. The Hall–Kier alpha value is 0.190. The Balaban J connectivity index is 0.000000292. The zero-order chi connectivity index (χ0) is 11.2. The van der Waals surface area contributed by atoms with Crippen molar-refractivity contribution in [1.29, 1.82) is 0 Å². The second-order valence-corrected chi connectivity index (χ2v) is 4.04. The van der Waals surface area contributed by atoms with Crippen molar-refractivity contribution in [2.45, 2.75) is 44.9 Å². The molecule has 1 aliphatic rings. The number of hydrogen-bond donors (Lipinski definition) is 3. The van der Waals surface area contributed by atoms with Crippen LogP contribution in [0, 0.1) is 0 Å². The Morgan fingerprint density at radius 2 is 1.93 bits per heavy atom. The molecule has 5 heteroatoms. The molecule has 2 atom stereocenters. The van der Waals surface area contributed by atoms with E-state index < -0.39 is 5.79 Å². The molecule has 1 fully saturated rings. The van der Waals surface area contributed by atoms with Gasteiger partial charge in [0, 0.05) is 19.3 Å². The number of ether oxygens (including phenoxy) is 2. The number of aliphatic hydroxyl groups is 2. The van der Waals surface area contributed by atoms with Gasteiger partial charge in [0.15, 0.2) is 12.1 Å². The van der Waals surface area contributed by atoms with Gasteiger partial charge in [-0.05, 0) is 20.3 Å². The monoisotopic (exact) mass is 224 g/mol. The van der Waals surface area contributed by atoms with Crippen LogP contribution in [0.2, 0.25) is 0 Å². The molecule has 4 nitrogen and oxygen atoms in total. The van der Waals surface area contributed by atoms with Crippen LogP contribution in [0.4, 0.5) is 0 Å². The van der Waals surface area contributed by atoms with Gasteiger partial charge < -0.3 is 19.7 Å². The molecule has 0 aliphatic carbocycles. The molecule has 2 unspecified atom stereocenters. The first-order valence-corrected chi connectivity index (χ1v) is 5.24. The molecule has 1 aliphatic heterocycles. The molecule has 0 aromatic heterocycles. The molecule has 0 saturated carbocycles. The van der Waals surface area contributed by atoms with Gasteiger partial charge in [-0.25, -0.2) is 0 Å². The minimum absolute atomic E-state index is 0.0298. The van der Waals surface area contributed by atoms with E-state index in [1.807, 2.05) is 0 Å². The normalized spacial score (nSPS) is 27.0. The van der Waals surface area contributed by atoms with Crippen molar-refractivity contribution < 1.29 is 19.7 Å². The first kappa shape index (κ1) is 14.2. The summed E-state index contributed by atoms with van der Waals surface area (Å²) >= 11 is 4.11. The standard InChI is InChI=1S/C6H12O2S.C3H8O2/c1-7-6-3-2-5(4-9)8-6;1-3(2,4)5/h5-6,9H,2-4H2,1H3;4-5H,1-2H3. The van der Waals surface area contributed by atoms with E-state index in [-0.39, 0.29) is 6.29 Å². The molecule has 0 aromatic carbocycles. The van der Waals surface area contributed by atoms with Gasteiger partial charge in [0.25, 0.3) is 0 Å². The van der Waals surface area contributed by atoms with Crippen LogP contribution >= 0.6 is 12.6 Å². The fourth-order valence-electron chi connectivity index (χ4n) is 0.980. The molecule has 14 heavy (non-hydrogen) atoms. The predicted molar refractivity (Wildman–Crippen MR) is 57.3 cm³/mol. The largest absolute Gasteiger partial charge is 0.366 e. The summed E-state index contributed by atoms with van der Waals surface area (Å²) in [5.41, 5.74) is 0. The molecule has 1 saturated heterocycles. The van der Waals surface area contributed by atoms with Crippen LogP contribution in [0.15, 0.2) is 0 Å². The van der Waals surface area contributed by atoms with E-state index in [1.165, 1.54) is 13.8 Å². The first-order valence-electron chi connectivity index (χ1n) is 4.60. The Morgan fingerprint density at radius 3 is 2.14 bits per heavy atom. The molecule has 0 bridgehead atoms. The third kappa shape index (κ3) is 8.77. The van der Waals surface area contributed by atoms with Crippen molar-refractivity contribution in [2.24, 2.45) is 0 Å². The lowest BCUT2D eigenvalue weighted by atomic mass is 10.3. The summed E-state index contributed by atoms with van der Waals surface area (Å²) in [6.07, 6.45) is 2.45.